The van der Waals surface area contributed by atoms with Crippen molar-refractivity contribution in [3.63, 3.8) is 0 Å². The topological polar surface area (TPSA) is 65.5 Å². The first-order valence-corrected chi connectivity index (χ1v) is 9.22. The number of amides is 2. The third-order valence-corrected chi connectivity index (χ3v) is 4.87. The van der Waals surface area contributed by atoms with E-state index in [0.717, 1.165) is 21.5 Å². The number of nitrogens with zero attached hydrogens (tertiary/aromatic N) is 3. The van der Waals surface area contributed by atoms with Crippen LogP contribution in [0.3, 0.4) is 0 Å². The summed E-state index contributed by atoms with van der Waals surface area (Å²) in [4.78, 5) is 33.0. The van der Waals surface area contributed by atoms with Gasteiger partial charge < -0.3 is 15.1 Å². The smallest absolute Gasteiger partial charge is 0.239 e. The summed E-state index contributed by atoms with van der Waals surface area (Å²) in [7, 11) is 3.85. The van der Waals surface area contributed by atoms with Gasteiger partial charge in [0, 0.05) is 43.5 Å². The third kappa shape index (κ3) is 4.04. The van der Waals surface area contributed by atoms with E-state index < -0.39 is 5.92 Å². The van der Waals surface area contributed by atoms with E-state index in [-0.39, 0.29) is 11.8 Å². The molecule has 1 fully saturated rings. The van der Waals surface area contributed by atoms with Crippen LogP contribution in [0.5, 0.6) is 0 Å². The van der Waals surface area contributed by atoms with E-state index in [1.807, 2.05) is 55.4 Å². The van der Waals surface area contributed by atoms with Crippen LogP contribution in [0.25, 0.3) is 0 Å². The fraction of sp³-hybridized carbons (Fsp3) is 0.316. The largest absolute Gasteiger partial charge is 0.363 e. The molecule has 0 aliphatic carbocycles. The van der Waals surface area contributed by atoms with Crippen LogP contribution >= 0.6 is 15.9 Å². The molecule has 1 saturated heterocycles. The zero-order chi connectivity index (χ0) is 18.7. The minimum atomic E-state index is -0.636. The molecular formula is C19H21BrN4O2. The lowest BCUT2D eigenvalue weighted by atomic mass is 10.1. The van der Waals surface area contributed by atoms with Gasteiger partial charge in [-0.15, -0.1) is 0 Å². The number of aromatic nitrogens is 1. The zero-order valence-corrected chi connectivity index (χ0v) is 16.4. The van der Waals surface area contributed by atoms with E-state index >= 15 is 0 Å². The second-order valence-corrected chi connectivity index (χ2v) is 7.36. The predicted octanol–water partition coefficient (Wildman–Crippen LogP) is 2.58. The van der Waals surface area contributed by atoms with Crippen molar-refractivity contribution in [2.24, 2.45) is 5.92 Å². The number of hydrogen-bond acceptors (Lipinski definition) is 4. The average Bonchev–Trinajstić information content (AvgIpc) is 3.01. The highest BCUT2D eigenvalue weighted by atomic mass is 79.9. The SMILES string of the molecule is CN(C)c1ccc(CNC(=O)C2CCN(c3cccc(Br)c3)C2=O)cn1. The molecule has 1 aliphatic rings. The molecule has 1 N–H and O–H groups in total. The molecule has 2 heterocycles. The van der Waals surface area contributed by atoms with Gasteiger partial charge >= 0.3 is 0 Å². The number of benzene rings is 1. The maximum Gasteiger partial charge on any atom is 0.239 e. The molecule has 1 aliphatic heterocycles. The Bertz CT molecular complexity index is 807. The molecule has 1 unspecified atom stereocenters. The standard InChI is InChI=1S/C19H21BrN4O2/c1-23(2)17-7-6-13(11-21-17)12-22-18(25)16-8-9-24(19(16)26)15-5-3-4-14(20)10-15/h3-7,10-11,16H,8-9,12H2,1-2H3,(H,22,25). The summed E-state index contributed by atoms with van der Waals surface area (Å²) in [5.41, 5.74) is 1.71. The van der Waals surface area contributed by atoms with E-state index in [0.29, 0.717) is 19.5 Å². The molecule has 0 radical (unpaired) electrons. The van der Waals surface area contributed by atoms with Crippen molar-refractivity contribution < 1.29 is 9.59 Å². The molecule has 0 spiro atoms. The van der Waals surface area contributed by atoms with E-state index in [9.17, 15) is 9.59 Å². The second-order valence-electron chi connectivity index (χ2n) is 6.45. The normalized spacial score (nSPS) is 16.7. The van der Waals surface area contributed by atoms with Crippen LogP contribution in [0.2, 0.25) is 0 Å². The molecule has 26 heavy (non-hydrogen) atoms. The van der Waals surface area contributed by atoms with Crippen molar-refractivity contribution in [1.82, 2.24) is 10.3 Å². The van der Waals surface area contributed by atoms with Gasteiger partial charge in [-0.05, 0) is 36.2 Å². The van der Waals surface area contributed by atoms with Crippen molar-refractivity contribution in [3.05, 3.63) is 52.6 Å². The van der Waals surface area contributed by atoms with Crippen LogP contribution < -0.4 is 15.1 Å². The highest BCUT2D eigenvalue weighted by Gasteiger charge is 2.37. The molecule has 3 rings (SSSR count). The molecule has 6 nitrogen and oxygen atoms in total. The fourth-order valence-corrected chi connectivity index (χ4v) is 3.31. The Balaban J connectivity index is 1.59. The van der Waals surface area contributed by atoms with Gasteiger partial charge in [-0.25, -0.2) is 4.98 Å². The Kier molecular flexibility index (Phi) is 5.56. The van der Waals surface area contributed by atoms with E-state index in [4.69, 9.17) is 0 Å². The van der Waals surface area contributed by atoms with Crippen LogP contribution in [0, 0.1) is 5.92 Å². The van der Waals surface area contributed by atoms with Crippen LogP contribution in [0.4, 0.5) is 11.5 Å². The zero-order valence-electron chi connectivity index (χ0n) is 14.8. The lowest BCUT2D eigenvalue weighted by molar-refractivity contribution is -0.132. The number of halogens is 1. The van der Waals surface area contributed by atoms with Crippen molar-refractivity contribution in [3.8, 4) is 0 Å². The third-order valence-electron chi connectivity index (χ3n) is 4.38. The van der Waals surface area contributed by atoms with Gasteiger partial charge in [0.15, 0.2) is 0 Å². The summed E-state index contributed by atoms with van der Waals surface area (Å²) in [5.74, 6) is -0.162. The Morgan fingerprint density at radius 2 is 2.15 bits per heavy atom. The van der Waals surface area contributed by atoms with Crippen molar-refractivity contribution >= 4 is 39.2 Å². The summed E-state index contributed by atoms with van der Waals surface area (Å²) in [6.45, 7) is 0.909. The van der Waals surface area contributed by atoms with Gasteiger partial charge in [0.25, 0.3) is 0 Å². The fourth-order valence-electron chi connectivity index (χ4n) is 2.92. The molecule has 0 bridgehead atoms. The number of carbonyl (C=O) groups is 2. The molecule has 0 saturated carbocycles. The Morgan fingerprint density at radius 1 is 1.35 bits per heavy atom. The van der Waals surface area contributed by atoms with Crippen molar-refractivity contribution in [2.75, 3.05) is 30.4 Å². The minimum absolute atomic E-state index is 0.151. The maximum absolute atomic E-state index is 12.6. The second kappa shape index (κ2) is 7.86. The number of hydrogen-bond donors (Lipinski definition) is 1. The molecule has 1 aromatic carbocycles. The molecule has 2 aromatic rings. The van der Waals surface area contributed by atoms with E-state index in [1.54, 1.807) is 11.1 Å². The molecule has 136 valence electrons. The van der Waals surface area contributed by atoms with E-state index in [2.05, 4.69) is 26.2 Å². The monoisotopic (exact) mass is 416 g/mol. The first-order chi connectivity index (χ1) is 12.5. The summed E-state index contributed by atoms with van der Waals surface area (Å²) in [6.07, 6.45) is 2.26. The van der Waals surface area contributed by atoms with Gasteiger partial charge in [-0.1, -0.05) is 28.1 Å². The Morgan fingerprint density at radius 3 is 2.81 bits per heavy atom. The summed E-state index contributed by atoms with van der Waals surface area (Å²) < 4.78 is 0.907. The Labute approximate surface area is 161 Å². The van der Waals surface area contributed by atoms with E-state index in [1.165, 1.54) is 0 Å². The number of nitrogens with one attached hydrogen (secondary N) is 1. The summed E-state index contributed by atoms with van der Waals surface area (Å²) in [5, 5.41) is 2.85. The first-order valence-electron chi connectivity index (χ1n) is 8.42. The Hall–Kier alpha value is -2.41. The number of pyridine rings is 1. The maximum atomic E-state index is 12.6. The summed E-state index contributed by atoms with van der Waals surface area (Å²) >= 11 is 3.41. The van der Waals surface area contributed by atoms with Crippen molar-refractivity contribution in [2.45, 2.75) is 13.0 Å². The number of carbonyl (C=O) groups excluding carboxylic acids is 2. The van der Waals surface area contributed by atoms with Gasteiger partial charge in [0.1, 0.15) is 11.7 Å². The molecule has 2 amide bonds. The van der Waals surface area contributed by atoms with Gasteiger partial charge in [0.05, 0.1) is 0 Å². The van der Waals surface area contributed by atoms with Gasteiger partial charge in [0.2, 0.25) is 11.8 Å². The number of rotatable bonds is 5. The predicted molar refractivity (Wildman–Crippen MR) is 105 cm³/mol. The highest BCUT2D eigenvalue weighted by molar-refractivity contribution is 9.10. The highest BCUT2D eigenvalue weighted by Crippen LogP contribution is 2.27. The van der Waals surface area contributed by atoms with Gasteiger partial charge in [-0.3, -0.25) is 9.59 Å². The molecule has 1 atom stereocenters. The quantitative estimate of drug-likeness (QED) is 0.760. The summed E-state index contributed by atoms with van der Waals surface area (Å²) in [6, 6.07) is 11.4. The average molecular weight is 417 g/mol. The molecule has 1 aromatic heterocycles. The van der Waals surface area contributed by atoms with Crippen LogP contribution in [-0.4, -0.2) is 37.4 Å². The lowest BCUT2D eigenvalue weighted by Gasteiger charge is -2.17. The lowest BCUT2D eigenvalue weighted by Crippen LogP contribution is -2.36. The molecular weight excluding hydrogens is 396 g/mol. The van der Waals surface area contributed by atoms with Crippen LogP contribution in [0.1, 0.15) is 12.0 Å². The first kappa shape index (κ1) is 18.4. The van der Waals surface area contributed by atoms with Crippen LogP contribution in [-0.2, 0) is 16.1 Å². The van der Waals surface area contributed by atoms with Crippen molar-refractivity contribution in [1.29, 1.82) is 0 Å². The molecule has 7 heteroatoms. The number of anilines is 2. The minimum Gasteiger partial charge on any atom is -0.363 e. The van der Waals surface area contributed by atoms with Crippen LogP contribution in [0.15, 0.2) is 47.1 Å². The van der Waals surface area contributed by atoms with Gasteiger partial charge in [-0.2, -0.15) is 0 Å².